The third-order valence-corrected chi connectivity index (χ3v) is 5.58. The van der Waals surface area contributed by atoms with Crippen molar-refractivity contribution in [2.45, 2.75) is 37.6 Å². The van der Waals surface area contributed by atoms with Gasteiger partial charge in [-0.25, -0.2) is 4.39 Å². The van der Waals surface area contributed by atoms with E-state index in [9.17, 15) is 29.0 Å². The SMILES string of the molecule is O=C1CCc2cc(N3C(=O)C(O)(C(=O)NCc4cc(F)cc(Cl)c4)CC3O)ccc2N1. The summed E-state index contributed by atoms with van der Waals surface area (Å²) < 4.78 is 13.5. The number of amides is 3. The van der Waals surface area contributed by atoms with Gasteiger partial charge >= 0.3 is 0 Å². The van der Waals surface area contributed by atoms with E-state index in [0.717, 1.165) is 16.5 Å². The zero-order valence-corrected chi connectivity index (χ0v) is 16.9. The largest absolute Gasteiger partial charge is 0.373 e. The van der Waals surface area contributed by atoms with Crippen molar-refractivity contribution in [1.29, 1.82) is 0 Å². The molecular formula is C21H19ClFN3O5. The molecule has 1 fully saturated rings. The quantitative estimate of drug-likeness (QED) is 0.529. The number of aliphatic hydroxyl groups excluding tert-OH is 1. The topological polar surface area (TPSA) is 119 Å². The van der Waals surface area contributed by atoms with Crippen molar-refractivity contribution in [3.63, 3.8) is 0 Å². The number of aryl methyl sites for hydroxylation is 1. The molecule has 0 saturated carbocycles. The van der Waals surface area contributed by atoms with Crippen molar-refractivity contribution in [3.8, 4) is 0 Å². The standard InChI is InChI=1S/C21H19ClFN3O5/c22-13-5-11(6-14(23)8-13)10-24-19(29)21(31)9-18(28)26(20(21)30)15-2-3-16-12(7-15)1-4-17(27)25-16/h2-3,5-8,18,28,31H,1,4,9-10H2,(H,24,29)(H,25,27). The maximum Gasteiger partial charge on any atom is 0.271 e. The molecule has 2 aromatic rings. The van der Waals surface area contributed by atoms with Gasteiger partial charge in [0.15, 0.2) is 0 Å². The van der Waals surface area contributed by atoms with Crippen molar-refractivity contribution < 1.29 is 29.0 Å². The fraction of sp³-hybridized carbons (Fsp3) is 0.286. The summed E-state index contributed by atoms with van der Waals surface area (Å²) in [7, 11) is 0. The third kappa shape index (κ3) is 3.99. The van der Waals surface area contributed by atoms with Gasteiger partial charge in [-0.1, -0.05) is 11.6 Å². The van der Waals surface area contributed by atoms with Gasteiger partial charge in [0.1, 0.15) is 12.0 Å². The second kappa shape index (κ2) is 7.92. The first kappa shape index (κ1) is 21.2. The van der Waals surface area contributed by atoms with Crippen molar-refractivity contribution >= 4 is 40.7 Å². The molecule has 2 unspecified atom stereocenters. The van der Waals surface area contributed by atoms with E-state index in [1.54, 1.807) is 12.1 Å². The van der Waals surface area contributed by atoms with Crippen LogP contribution in [0.5, 0.6) is 0 Å². The Morgan fingerprint density at radius 1 is 1.26 bits per heavy atom. The fourth-order valence-corrected chi connectivity index (χ4v) is 4.06. The zero-order chi connectivity index (χ0) is 22.3. The number of hydrogen-bond acceptors (Lipinski definition) is 5. The van der Waals surface area contributed by atoms with Gasteiger partial charge in [-0.15, -0.1) is 0 Å². The van der Waals surface area contributed by atoms with Gasteiger partial charge in [0.2, 0.25) is 11.5 Å². The number of carbonyl (C=O) groups is 3. The van der Waals surface area contributed by atoms with E-state index in [2.05, 4.69) is 10.6 Å². The number of nitrogens with one attached hydrogen (secondary N) is 2. The molecule has 0 bridgehead atoms. The molecule has 0 spiro atoms. The molecule has 162 valence electrons. The first-order valence-corrected chi connectivity index (χ1v) is 9.95. The minimum atomic E-state index is -2.49. The summed E-state index contributed by atoms with van der Waals surface area (Å²) in [5.74, 6) is -2.68. The monoisotopic (exact) mass is 447 g/mol. The van der Waals surface area contributed by atoms with Crippen LogP contribution in [0.25, 0.3) is 0 Å². The molecule has 2 aliphatic rings. The molecule has 0 aromatic heterocycles. The van der Waals surface area contributed by atoms with Gasteiger partial charge < -0.3 is 20.8 Å². The van der Waals surface area contributed by atoms with E-state index in [1.165, 1.54) is 18.2 Å². The first-order chi connectivity index (χ1) is 14.7. The van der Waals surface area contributed by atoms with Gasteiger partial charge in [-0.2, -0.15) is 0 Å². The minimum Gasteiger partial charge on any atom is -0.373 e. The number of rotatable bonds is 4. The van der Waals surface area contributed by atoms with Crippen LogP contribution in [0.15, 0.2) is 36.4 Å². The molecule has 2 heterocycles. The molecule has 2 atom stereocenters. The van der Waals surface area contributed by atoms with Gasteiger partial charge in [0.05, 0.1) is 0 Å². The molecule has 2 aromatic carbocycles. The second-order valence-electron chi connectivity index (χ2n) is 7.57. The van der Waals surface area contributed by atoms with Crippen molar-refractivity contribution in [2.24, 2.45) is 0 Å². The summed E-state index contributed by atoms with van der Waals surface area (Å²) in [5.41, 5.74) is -0.446. The number of anilines is 2. The van der Waals surface area contributed by atoms with Crippen LogP contribution >= 0.6 is 11.6 Å². The van der Waals surface area contributed by atoms with E-state index in [4.69, 9.17) is 11.6 Å². The third-order valence-electron chi connectivity index (χ3n) is 5.36. The number of benzene rings is 2. The summed E-state index contributed by atoms with van der Waals surface area (Å²) in [6.45, 7) is -0.166. The van der Waals surface area contributed by atoms with E-state index in [-0.39, 0.29) is 17.5 Å². The van der Waals surface area contributed by atoms with E-state index < -0.39 is 35.9 Å². The average molecular weight is 448 g/mol. The Hall–Kier alpha value is -3.01. The van der Waals surface area contributed by atoms with Crippen LogP contribution in [0.4, 0.5) is 15.8 Å². The maximum atomic E-state index is 13.5. The molecule has 8 nitrogen and oxygen atoms in total. The lowest BCUT2D eigenvalue weighted by Gasteiger charge is -2.24. The van der Waals surface area contributed by atoms with E-state index in [0.29, 0.717) is 29.8 Å². The van der Waals surface area contributed by atoms with Crippen molar-refractivity contribution in [2.75, 3.05) is 10.2 Å². The average Bonchev–Trinajstić information content (AvgIpc) is 2.94. The Morgan fingerprint density at radius 3 is 2.77 bits per heavy atom. The Bertz CT molecular complexity index is 1070. The summed E-state index contributed by atoms with van der Waals surface area (Å²) in [6.07, 6.45) is -1.20. The summed E-state index contributed by atoms with van der Waals surface area (Å²) in [6, 6.07) is 8.47. The van der Waals surface area contributed by atoms with Crippen LogP contribution in [0, 0.1) is 5.82 Å². The molecular weight excluding hydrogens is 429 g/mol. The summed E-state index contributed by atoms with van der Waals surface area (Å²) in [5, 5.41) is 26.5. The normalized spacial score (nSPS) is 22.8. The zero-order valence-electron chi connectivity index (χ0n) is 16.2. The number of halogens is 2. The predicted octanol–water partition coefficient (Wildman–Crippen LogP) is 1.47. The fourth-order valence-electron chi connectivity index (χ4n) is 3.82. The van der Waals surface area contributed by atoms with Crippen LogP contribution in [0.3, 0.4) is 0 Å². The lowest BCUT2D eigenvalue weighted by atomic mass is 10.0. The minimum absolute atomic E-state index is 0.108. The van der Waals surface area contributed by atoms with Crippen LogP contribution < -0.4 is 15.5 Å². The van der Waals surface area contributed by atoms with Gasteiger partial charge in [-0.05, 0) is 53.9 Å². The molecule has 10 heteroatoms. The molecule has 4 rings (SSSR count). The molecule has 3 amide bonds. The van der Waals surface area contributed by atoms with Crippen LogP contribution in [-0.4, -0.2) is 39.8 Å². The van der Waals surface area contributed by atoms with Crippen LogP contribution in [-0.2, 0) is 27.3 Å². The maximum absolute atomic E-state index is 13.5. The second-order valence-corrected chi connectivity index (χ2v) is 8.01. The molecule has 1 saturated heterocycles. The predicted molar refractivity (Wildman–Crippen MR) is 110 cm³/mol. The molecule has 0 radical (unpaired) electrons. The number of carbonyl (C=O) groups excluding carboxylic acids is 3. The van der Waals surface area contributed by atoms with Gasteiger partial charge in [-0.3, -0.25) is 19.3 Å². The Balaban J connectivity index is 1.52. The Labute approximate surface area is 181 Å². The highest BCUT2D eigenvalue weighted by Crippen LogP contribution is 2.35. The molecule has 4 N–H and O–H groups in total. The highest BCUT2D eigenvalue weighted by Gasteiger charge is 2.56. The number of hydrogen-bond donors (Lipinski definition) is 4. The molecule has 31 heavy (non-hydrogen) atoms. The Kier molecular flexibility index (Phi) is 5.42. The molecule has 2 aliphatic heterocycles. The van der Waals surface area contributed by atoms with Crippen molar-refractivity contribution in [3.05, 3.63) is 58.4 Å². The van der Waals surface area contributed by atoms with E-state index in [1.807, 2.05) is 0 Å². The van der Waals surface area contributed by atoms with Crippen LogP contribution in [0.2, 0.25) is 5.02 Å². The number of aliphatic hydroxyl groups is 2. The molecule has 0 aliphatic carbocycles. The Morgan fingerprint density at radius 2 is 2.03 bits per heavy atom. The highest BCUT2D eigenvalue weighted by molar-refractivity contribution is 6.30. The summed E-state index contributed by atoms with van der Waals surface area (Å²) >= 11 is 5.79. The number of fused-ring (bicyclic) bond motifs is 1. The lowest BCUT2D eigenvalue weighted by molar-refractivity contribution is -0.149. The smallest absolute Gasteiger partial charge is 0.271 e. The van der Waals surface area contributed by atoms with E-state index >= 15 is 0 Å². The van der Waals surface area contributed by atoms with Crippen LogP contribution in [0.1, 0.15) is 24.0 Å². The van der Waals surface area contributed by atoms with Gasteiger partial charge in [0, 0.05) is 35.8 Å². The highest BCUT2D eigenvalue weighted by atomic mass is 35.5. The summed E-state index contributed by atoms with van der Waals surface area (Å²) in [4.78, 5) is 38.0. The van der Waals surface area contributed by atoms with Gasteiger partial charge in [0.25, 0.3) is 11.8 Å². The first-order valence-electron chi connectivity index (χ1n) is 9.57. The lowest BCUT2D eigenvalue weighted by Crippen LogP contribution is -2.52. The number of nitrogens with zero attached hydrogens (tertiary/aromatic N) is 1. The van der Waals surface area contributed by atoms with Crippen molar-refractivity contribution in [1.82, 2.24) is 5.32 Å².